The smallest absolute Gasteiger partial charge is 0.132 e. The Morgan fingerprint density at radius 1 is 1.14 bits per heavy atom. The van der Waals surface area contributed by atoms with E-state index < -0.39 is 0 Å². The van der Waals surface area contributed by atoms with Crippen LogP contribution in [-0.2, 0) is 0 Å². The molecule has 3 heteroatoms. The van der Waals surface area contributed by atoms with Crippen LogP contribution < -0.4 is 5.73 Å². The largest absolute Gasteiger partial charge is 0.383 e. The third kappa shape index (κ3) is 1.82. The first-order chi connectivity index (χ1) is 6.79. The molecule has 0 radical (unpaired) electrons. The molecule has 14 heavy (non-hydrogen) atoms. The molecule has 2 heterocycles. The number of aryl methyl sites for hydroxylation is 1. The number of nitrogen functional groups attached to an aromatic ring is 1. The van der Waals surface area contributed by atoms with Gasteiger partial charge in [-0.1, -0.05) is 13.8 Å². The lowest BCUT2D eigenvalue weighted by molar-refractivity contribution is 1.29. The number of hydrogen-bond acceptors (Lipinski definition) is 3. The molecule has 0 bridgehead atoms. The van der Waals surface area contributed by atoms with Crippen molar-refractivity contribution >= 4 is 16.6 Å². The van der Waals surface area contributed by atoms with Crippen molar-refractivity contribution in [2.24, 2.45) is 0 Å². The van der Waals surface area contributed by atoms with Crippen LogP contribution in [0.3, 0.4) is 0 Å². The molecule has 3 nitrogen and oxygen atoms in total. The minimum Gasteiger partial charge on any atom is -0.383 e. The van der Waals surface area contributed by atoms with E-state index in [0.29, 0.717) is 5.82 Å². The molecule has 0 saturated heterocycles. The van der Waals surface area contributed by atoms with Crippen LogP contribution in [0.25, 0.3) is 10.8 Å². The molecule has 0 spiro atoms. The van der Waals surface area contributed by atoms with Crippen molar-refractivity contribution in [3.63, 3.8) is 0 Å². The lowest BCUT2D eigenvalue weighted by atomic mass is 10.1. The van der Waals surface area contributed by atoms with Crippen LogP contribution in [0.15, 0.2) is 24.7 Å². The monoisotopic (exact) mass is 189 g/mol. The van der Waals surface area contributed by atoms with Crippen molar-refractivity contribution in [3.05, 3.63) is 30.2 Å². The summed E-state index contributed by atoms with van der Waals surface area (Å²) in [5.74, 6) is 0.545. The minimum absolute atomic E-state index is 0.545. The number of nitrogens with two attached hydrogens (primary N) is 1. The lowest BCUT2D eigenvalue weighted by Crippen LogP contribution is -1.93. The van der Waals surface area contributed by atoms with Crippen molar-refractivity contribution in [2.75, 3.05) is 5.73 Å². The minimum atomic E-state index is 0.545. The van der Waals surface area contributed by atoms with E-state index in [-0.39, 0.29) is 0 Å². The van der Waals surface area contributed by atoms with E-state index in [1.165, 1.54) is 0 Å². The summed E-state index contributed by atoms with van der Waals surface area (Å²) in [6, 6.07) is 1.95. The van der Waals surface area contributed by atoms with Gasteiger partial charge in [-0.15, -0.1) is 0 Å². The second kappa shape index (κ2) is 4.56. The first-order valence-electron chi connectivity index (χ1n) is 4.74. The molecule has 0 aliphatic rings. The molecule has 2 rings (SSSR count). The SMILES string of the molecule is CC.Cc1cnc(N)c2cnccc12. The van der Waals surface area contributed by atoms with Gasteiger partial charge in [0, 0.05) is 24.0 Å². The lowest BCUT2D eigenvalue weighted by Gasteiger charge is -2.02. The molecular formula is C11H15N3. The van der Waals surface area contributed by atoms with Gasteiger partial charge in [-0.25, -0.2) is 4.98 Å². The standard InChI is InChI=1S/C9H9N3.C2H6/c1-6-4-12-9(10)8-5-11-3-2-7(6)8;1-2/h2-5H,1H3,(H2,10,12);1-2H3. The van der Waals surface area contributed by atoms with Crippen LogP contribution in [-0.4, -0.2) is 9.97 Å². The molecule has 0 fully saturated rings. The Labute approximate surface area is 84.0 Å². The zero-order valence-electron chi connectivity index (χ0n) is 8.78. The van der Waals surface area contributed by atoms with Gasteiger partial charge < -0.3 is 5.73 Å². The summed E-state index contributed by atoms with van der Waals surface area (Å²) in [7, 11) is 0. The van der Waals surface area contributed by atoms with E-state index in [1.807, 2.05) is 26.8 Å². The van der Waals surface area contributed by atoms with Crippen molar-refractivity contribution < 1.29 is 0 Å². The van der Waals surface area contributed by atoms with Gasteiger partial charge in [0.2, 0.25) is 0 Å². The summed E-state index contributed by atoms with van der Waals surface area (Å²) in [4.78, 5) is 8.04. The van der Waals surface area contributed by atoms with Gasteiger partial charge in [-0.3, -0.25) is 4.98 Å². The first kappa shape index (κ1) is 10.4. The predicted molar refractivity (Wildman–Crippen MR) is 60.0 cm³/mol. The highest BCUT2D eigenvalue weighted by molar-refractivity contribution is 5.92. The maximum absolute atomic E-state index is 5.67. The zero-order chi connectivity index (χ0) is 10.6. The van der Waals surface area contributed by atoms with E-state index in [1.54, 1.807) is 18.6 Å². The summed E-state index contributed by atoms with van der Waals surface area (Å²) >= 11 is 0. The quantitative estimate of drug-likeness (QED) is 0.692. The molecule has 2 aromatic heterocycles. The van der Waals surface area contributed by atoms with Gasteiger partial charge in [0.25, 0.3) is 0 Å². The molecule has 0 unspecified atom stereocenters. The second-order valence-electron chi connectivity index (χ2n) is 2.75. The fourth-order valence-electron chi connectivity index (χ4n) is 1.25. The maximum atomic E-state index is 5.67. The Bertz CT molecular complexity index is 383. The summed E-state index contributed by atoms with van der Waals surface area (Å²) in [6.07, 6.45) is 5.27. The topological polar surface area (TPSA) is 51.8 Å². The van der Waals surface area contributed by atoms with Gasteiger partial charge in [0.15, 0.2) is 0 Å². The highest BCUT2D eigenvalue weighted by atomic mass is 14.8. The molecule has 2 N–H and O–H groups in total. The van der Waals surface area contributed by atoms with Crippen molar-refractivity contribution in [2.45, 2.75) is 20.8 Å². The third-order valence-electron chi connectivity index (χ3n) is 1.92. The van der Waals surface area contributed by atoms with E-state index in [0.717, 1.165) is 16.3 Å². The highest BCUT2D eigenvalue weighted by Crippen LogP contribution is 2.19. The Balaban J connectivity index is 0.000000461. The van der Waals surface area contributed by atoms with Crippen molar-refractivity contribution in [1.82, 2.24) is 9.97 Å². The Kier molecular flexibility index (Phi) is 3.40. The molecule has 74 valence electrons. The van der Waals surface area contributed by atoms with Crippen LogP contribution in [0.2, 0.25) is 0 Å². The second-order valence-corrected chi connectivity index (χ2v) is 2.75. The summed E-state index contributed by atoms with van der Waals surface area (Å²) in [5.41, 5.74) is 6.80. The Morgan fingerprint density at radius 2 is 1.86 bits per heavy atom. The molecule has 2 aromatic rings. The van der Waals surface area contributed by atoms with E-state index in [2.05, 4.69) is 9.97 Å². The fourth-order valence-corrected chi connectivity index (χ4v) is 1.25. The predicted octanol–water partition coefficient (Wildman–Crippen LogP) is 2.55. The van der Waals surface area contributed by atoms with Gasteiger partial charge in [-0.05, 0) is 23.9 Å². The number of anilines is 1. The summed E-state index contributed by atoms with van der Waals surface area (Å²) < 4.78 is 0. The van der Waals surface area contributed by atoms with Crippen LogP contribution in [0.5, 0.6) is 0 Å². The Hall–Kier alpha value is -1.64. The molecule has 0 aromatic carbocycles. The number of nitrogens with zero attached hydrogens (tertiary/aromatic N) is 2. The normalized spacial score (nSPS) is 9.36. The van der Waals surface area contributed by atoms with E-state index in [9.17, 15) is 0 Å². The zero-order valence-corrected chi connectivity index (χ0v) is 8.78. The van der Waals surface area contributed by atoms with Crippen molar-refractivity contribution in [1.29, 1.82) is 0 Å². The highest BCUT2D eigenvalue weighted by Gasteiger charge is 2.00. The van der Waals surface area contributed by atoms with Crippen LogP contribution in [0, 0.1) is 6.92 Å². The van der Waals surface area contributed by atoms with Crippen LogP contribution in [0.1, 0.15) is 19.4 Å². The van der Waals surface area contributed by atoms with Crippen LogP contribution >= 0.6 is 0 Å². The molecule has 0 amide bonds. The maximum Gasteiger partial charge on any atom is 0.132 e. The molecule has 0 aliphatic carbocycles. The molecule has 0 saturated carbocycles. The van der Waals surface area contributed by atoms with Gasteiger partial charge >= 0.3 is 0 Å². The number of aromatic nitrogens is 2. The fraction of sp³-hybridized carbons (Fsp3) is 0.273. The molecular weight excluding hydrogens is 174 g/mol. The van der Waals surface area contributed by atoms with Crippen molar-refractivity contribution in [3.8, 4) is 0 Å². The molecule has 0 aliphatic heterocycles. The average molecular weight is 189 g/mol. The summed E-state index contributed by atoms with van der Waals surface area (Å²) in [6.45, 7) is 6.01. The number of pyridine rings is 2. The Morgan fingerprint density at radius 3 is 2.50 bits per heavy atom. The van der Waals surface area contributed by atoms with Crippen LogP contribution in [0.4, 0.5) is 5.82 Å². The number of fused-ring (bicyclic) bond motifs is 1. The first-order valence-corrected chi connectivity index (χ1v) is 4.74. The molecule has 0 atom stereocenters. The van der Waals surface area contributed by atoms with Gasteiger partial charge in [0.05, 0.1) is 0 Å². The average Bonchev–Trinajstić information content (AvgIpc) is 2.27. The summed E-state index contributed by atoms with van der Waals surface area (Å²) in [5, 5.41) is 2.05. The van der Waals surface area contributed by atoms with Gasteiger partial charge in [0.1, 0.15) is 5.82 Å². The third-order valence-corrected chi connectivity index (χ3v) is 1.92. The van der Waals surface area contributed by atoms with Gasteiger partial charge in [-0.2, -0.15) is 0 Å². The number of rotatable bonds is 0. The van der Waals surface area contributed by atoms with E-state index in [4.69, 9.17) is 5.73 Å². The number of hydrogen-bond donors (Lipinski definition) is 1. The van der Waals surface area contributed by atoms with E-state index >= 15 is 0 Å².